The molecule has 2 aliphatic rings. The predicted octanol–water partition coefficient (Wildman–Crippen LogP) is 6.77. The van der Waals surface area contributed by atoms with E-state index < -0.39 is 11.7 Å². The van der Waals surface area contributed by atoms with Gasteiger partial charge in [0.2, 0.25) is 0 Å². The molecule has 2 aromatic carbocycles. The third-order valence-corrected chi connectivity index (χ3v) is 7.03. The first-order chi connectivity index (χ1) is 14.7. The number of aryl methyl sites for hydroxylation is 1. The van der Waals surface area contributed by atoms with Crippen molar-refractivity contribution in [2.75, 3.05) is 19.6 Å². The summed E-state index contributed by atoms with van der Waals surface area (Å²) < 4.78 is 45.1. The summed E-state index contributed by atoms with van der Waals surface area (Å²) >= 11 is 6.06. The zero-order chi connectivity index (χ0) is 22.1. The minimum Gasteiger partial charge on any atom is -0.373 e. The van der Waals surface area contributed by atoms with E-state index in [1.807, 2.05) is 12.1 Å². The number of likely N-dealkylation sites (tertiary alicyclic amines) is 1. The molecule has 0 atom stereocenters. The van der Waals surface area contributed by atoms with Crippen LogP contribution in [0.4, 0.5) is 13.2 Å². The van der Waals surface area contributed by atoms with Crippen LogP contribution in [0.15, 0.2) is 42.5 Å². The maximum absolute atomic E-state index is 13.0. The molecule has 0 bridgehead atoms. The van der Waals surface area contributed by atoms with E-state index in [4.69, 9.17) is 16.3 Å². The predicted molar refractivity (Wildman–Crippen MR) is 117 cm³/mol. The number of alkyl halides is 3. The van der Waals surface area contributed by atoms with E-state index in [1.165, 1.54) is 37.0 Å². The average Bonchev–Trinajstić information content (AvgIpc) is 2.70. The summed E-state index contributed by atoms with van der Waals surface area (Å²) in [6.07, 6.45) is 1.27. The third kappa shape index (κ3) is 5.44. The van der Waals surface area contributed by atoms with Crippen LogP contribution in [0, 0.1) is 6.92 Å². The Bertz CT molecular complexity index is 885. The van der Waals surface area contributed by atoms with E-state index in [0.29, 0.717) is 11.1 Å². The highest BCUT2D eigenvalue weighted by Gasteiger charge is 2.40. The first kappa shape index (κ1) is 22.6. The lowest BCUT2D eigenvalue weighted by Crippen LogP contribution is -2.48. The van der Waals surface area contributed by atoms with Gasteiger partial charge in [-0.05, 0) is 68.0 Å². The maximum atomic E-state index is 13.0. The van der Waals surface area contributed by atoms with Crippen LogP contribution >= 0.6 is 11.6 Å². The number of ether oxygens (including phenoxy) is 1. The summed E-state index contributed by atoms with van der Waals surface area (Å²) in [6, 6.07) is 12.4. The third-order valence-electron chi connectivity index (χ3n) is 6.78. The lowest BCUT2D eigenvalue weighted by Gasteiger charge is -2.47. The quantitative estimate of drug-likeness (QED) is 0.480. The van der Waals surface area contributed by atoms with Gasteiger partial charge in [0, 0.05) is 30.1 Å². The number of nitrogens with zero attached hydrogens (tertiary/aromatic N) is 1. The summed E-state index contributed by atoms with van der Waals surface area (Å²) in [5.41, 5.74) is 2.20. The van der Waals surface area contributed by atoms with E-state index >= 15 is 0 Å². The monoisotopic (exact) mass is 451 g/mol. The van der Waals surface area contributed by atoms with Crippen molar-refractivity contribution in [3.63, 3.8) is 0 Å². The van der Waals surface area contributed by atoms with Crippen molar-refractivity contribution < 1.29 is 17.9 Å². The molecule has 31 heavy (non-hydrogen) atoms. The molecule has 1 saturated heterocycles. The van der Waals surface area contributed by atoms with Crippen LogP contribution in [-0.2, 0) is 22.9 Å². The molecule has 2 fully saturated rings. The molecule has 1 aliphatic heterocycles. The Kier molecular flexibility index (Phi) is 6.66. The number of rotatable bonds is 6. The van der Waals surface area contributed by atoms with Crippen molar-refractivity contribution in [2.45, 2.75) is 63.3 Å². The summed E-state index contributed by atoms with van der Waals surface area (Å²) in [5.74, 6) is 0. The summed E-state index contributed by atoms with van der Waals surface area (Å²) in [7, 11) is 0. The van der Waals surface area contributed by atoms with Crippen molar-refractivity contribution in [2.24, 2.45) is 0 Å². The molecule has 2 nitrogen and oxygen atoms in total. The van der Waals surface area contributed by atoms with E-state index in [2.05, 4.69) is 17.0 Å². The van der Waals surface area contributed by atoms with Crippen molar-refractivity contribution in [1.29, 1.82) is 0 Å². The minimum absolute atomic E-state index is 0.0963. The second-order valence-corrected chi connectivity index (χ2v) is 9.57. The first-order valence-corrected chi connectivity index (χ1v) is 11.4. The Morgan fingerprint density at radius 2 is 1.74 bits per heavy atom. The van der Waals surface area contributed by atoms with Gasteiger partial charge in [-0.2, -0.15) is 13.2 Å². The van der Waals surface area contributed by atoms with Gasteiger partial charge < -0.3 is 9.64 Å². The van der Waals surface area contributed by atoms with Gasteiger partial charge in [-0.25, -0.2) is 0 Å². The molecule has 0 N–H and O–H groups in total. The SMILES string of the molecule is Cc1cc(COC2CCN(CC3(c4ccc(Cl)cc4)CCC3)CC2)cc(C(F)(F)F)c1. The van der Waals surface area contributed by atoms with E-state index in [0.717, 1.165) is 37.5 Å². The molecule has 1 saturated carbocycles. The molecule has 1 heterocycles. The number of hydrogen-bond donors (Lipinski definition) is 0. The standard InChI is InChI=1S/C25H29ClF3NO/c1-18-13-19(15-21(14-18)25(27,28)29)16-31-23-7-11-30(12-8-23)17-24(9-2-10-24)20-3-5-22(26)6-4-20/h3-6,13-15,23H,2,7-12,16-17H2,1H3. The van der Waals surface area contributed by atoms with Crippen molar-refractivity contribution in [3.8, 4) is 0 Å². The van der Waals surface area contributed by atoms with Crippen LogP contribution in [0.5, 0.6) is 0 Å². The minimum atomic E-state index is -4.33. The Labute approximate surface area is 187 Å². The highest BCUT2D eigenvalue weighted by Crippen LogP contribution is 2.45. The fraction of sp³-hybridized carbons (Fsp3) is 0.520. The van der Waals surface area contributed by atoms with Crippen LogP contribution in [0.1, 0.15) is 54.4 Å². The fourth-order valence-corrected chi connectivity index (χ4v) is 5.06. The van der Waals surface area contributed by atoms with Crippen LogP contribution in [-0.4, -0.2) is 30.6 Å². The van der Waals surface area contributed by atoms with Crippen LogP contribution in [0.2, 0.25) is 5.02 Å². The van der Waals surface area contributed by atoms with Crippen molar-refractivity contribution in [3.05, 3.63) is 69.7 Å². The molecule has 0 aromatic heterocycles. The second kappa shape index (κ2) is 9.13. The topological polar surface area (TPSA) is 12.5 Å². The highest BCUT2D eigenvalue weighted by molar-refractivity contribution is 6.30. The molecular formula is C25H29ClF3NO. The summed E-state index contributed by atoms with van der Waals surface area (Å²) in [5, 5.41) is 0.771. The molecule has 6 heteroatoms. The van der Waals surface area contributed by atoms with Crippen molar-refractivity contribution in [1.82, 2.24) is 4.90 Å². The number of benzene rings is 2. The van der Waals surface area contributed by atoms with Gasteiger partial charge >= 0.3 is 6.18 Å². The molecule has 0 amide bonds. The zero-order valence-corrected chi connectivity index (χ0v) is 18.6. The Hall–Kier alpha value is -1.56. The van der Waals surface area contributed by atoms with Gasteiger partial charge in [0.25, 0.3) is 0 Å². The normalized spacial score (nSPS) is 19.9. The molecule has 4 rings (SSSR count). The highest BCUT2D eigenvalue weighted by atomic mass is 35.5. The Morgan fingerprint density at radius 3 is 2.32 bits per heavy atom. The average molecular weight is 452 g/mol. The fourth-order valence-electron chi connectivity index (χ4n) is 4.93. The molecule has 2 aromatic rings. The molecule has 0 radical (unpaired) electrons. The molecule has 1 aliphatic carbocycles. The van der Waals surface area contributed by atoms with Crippen LogP contribution in [0.3, 0.4) is 0 Å². The van der Waals surface area contributed by atoms with Gasteiger partial charge in [-0.1, -0.05) is 41.8 Å². The van der Waals surface area contributed by atoms with Gasteiger partial charge in [-0.3, -0.25) is 0 Å². The van der Waals surface area contributed by atoms with E-state index in [1.54, 1.807) is 13.0 Å². The maximum Gasteiger partial charge on any atom is 0.416 e. The largest absolute Gasteiger partial charge is 0.416 e. The van der Waals surface area contributed by atoms with Crippen LogP contribution in [0.25, 0.3) is 0 Å². The number of halogens is 4. The summed E-state index contributed by atoms with van der Waals surface area (Å²) in [4.78, 5) is 2.52. The van der Waals surface area contributed by atoms with Gasteiger partial charge in [0.1, 0.15) is 0 Å². The number of piperidine rings is 1. The van der Waals surface area contributed by atoms with Gasteiger partial charge in [0.15, 0.2) is 0 Å². The Balaban J connectivity index is 1.29. The van der Waals surface area contributed by atoms with Gasteiger partial charge in [0.05, 0.1) is 18.3 Å². The molecule has 0 spiro atoms. The molecule has 0 unspecified atom stereocenters. The Morgan fingerprint density at radius 1 is 1.06 bits per heavy atom. The lowest BCUT2D eigenvalue weighted by atomic mass is 9.64. The van der Waals surface area contributed by atoms with Crippen molar-refractivity contribution >= 4 is 11.6 Å². The molecular weight excluding hydrogens is 423 g/mol. The number of hydrogen-bond acceptors (Lipinski definition) is 2. The van der Waals surface area contributed by atoms with Crippen LogP contribution < -0.4 is 0 Å². The second-order valence-electron chi connectivity index (χ2n) is 9.13. The molecule has 168 valence electrons. The van der Waals surface area contributed by atoms with E-state index in [-0.39, 0.29) is 18.1 Å². The lowest BCUT2D eigenvalue weighted by molar-refractivity contribution is -0.137. The van der Waals surface area contributed by atoms with E-state index in [9.17, 15) is 13.2 Å². The summed E-state index contributed by atoms with van der Waals surface area (Å²) in [6.45, 7) is 4.88. The van der Waals surface area contributed by atoms with Gasteiger partial charge in [-0.15, -0.1) is 0 Å². The smallest absolute Gasteiger partial charge is 0.373 e. The first-order valence-electron chi connectivity index (χ1n) is 11.0. The zero-order valence-electron chi connectivity index (χ0n) is 17.9.